The first kappa shape index (κ1) is 16.2. The molecule has 3 rings (SSSR count). The molecule has 2 aromatic rings. The van der Waals surface area contributed by atoms with Gasteiger partial charge in [-0.1, -0.05) is 59.6 Å². The van der Waals surface area contributed by atoms with Gasteiger partial charge in [-0.25, -0.2) is 0 Å². The van der Waals surface area contributed by atoms with Crippen LogP contribution >= 0.6 is 15.9 Å². The molecule has 2 aromatic carbocycles. The van der Waals surface area contributed by atoms with Gasteiger partial charge >= 0.3 is 0 Å². The molecule has 1 heterocycles. The zero-order valence-electron chi connectivity index (χ0n) is 13.2. The highest BCUT2D eigenvalue weighted by Gasteiger charge is 2.26. The van der Waals surface area contributed by atoms with Crippen molar-refractivity contribution in [3.8, 4) is 5.75 Å². The standard InChI is InChI=1S/C19H21BrN2O/c1-2-5-19-21-16(13-8-10-14(20)11-9-13)12-17(22-19)15-6-3-4-7-18(15)23/h3-4,6-11,17,19,22-23H,2,5,12H2,1H3. The van der Waals surface area contributed by atoms with Gasteiger partial charge in [0.05, 0.1) is 0 Å². The van der Waals surface area contributed by atoms with Crippen LogP contribution in [0.5, 0.6) is 5.75 Å². The Labute approximate surface area is 145 Å². The lowest BCUT2D eigenvalue weighted by Gasteiger charge is -2.30. The van der Waals surface area contributed by atoms with E-state index in [4.69, 9.17) is 4.99 Å². The van der Waals surface area contributed by atoms with Gasteiger partial charge in [0.25, 0.3) is 0 Å². The fraction of sp³-hybridized carbons (Fsp3) is 0.316. The van der Waals surface area contributed by atoms with E-state index in [1.807, 2.05) is 30.3 Å². The van der Waals surface area contributed by atoms with Crippen LogP contribution in [0.3, 0.4) is 0 Å². The number of hydrogen-bond donors (Lipinski definition) is 2. The third-order valence-electron chi connectivity index (χ3n) is 4.15. The third-order valence-corrected chi connectivity index (χ3v) is 4.68. The lowest BCUT2D eigenvalue weighted by Crippen LogP contribution is -2.38. The fourth-order valence-electron chi connectivity index (χ4n) is 3.00. The third kappa shape index (κ3) is 3.82. The van der Waals surface area contributed by atoms with E-state index >= 15 is 0 Å². The molecule has 3 nitrogen and oxygen atoms in total. The maximum Gasteiger partial charge on any atom is 0.120 e. The van der Waals surface area contributed by atoms with E-state index in [1.165, 1.54) is 0 Å². The number of phenolic OH excluding ortho intramolecular Hbond substituents is 1. The highest BCUT2D eigenvalue weighted by Crippen LogP contribution is 2.31. The van der Waals surface area contributed by atoms with Gasteiger partial charge in [0, 0.05) is 28.2 Å². The largest absolute Gasteiger partial charge is 0.508 e. The van der Waals surface area contributed by atoms with Crippen molar-refractivity contribution in [2.45, 2.75) is 38.4 Å². The van der Waals surface area contributed by atoms with Crippen molar-refractivity contribution in [3.05, 3.63) is 64.1 Å². The molecule has 23 heavy (non-hydrogen) atoms. The zero-order chi connectivity index (χ0) is 16.2. The molecule has 0 saturated heterocycles. The van der Waals surface area contributed by atoms with E-state index in [9.17, 15) is 5.11 Å². The van der Waals surface area contributed by atoms with Crippen molar-refractivity contribution in [1.82, 2.24) is 5.32 Å². The summed E-state index contributed by atoms with van der Waals surface area (Å²) in [5, 5.41) is 13.8. The first-order valence-corrected chi connectivity index (χ1v) is 8.83. The minimum absolute atomic E-state index is 0.0869. The lowest BCUT2D eigenvalue weighted by molar-refractivity contribution is 0.391. The molecule has 0 fully saturated rings. The van der Waals surface area contributed by atoms with Crippen molar-refractivity contribution >= 4 is 21.6 Å². The molecule has 0 aliphatic carbocycles. The Morgan fingerprint density at radius 1 is 1.17 bits per heavy atom. The summed E-state index contributed by atoms with van der Waals surface area (Å²) < 4.78 is 1.07. The van der Waals surface area contributed by atoms with E-state index in [-0.39, 0.29) is 12.2 Å². The van der Waals surface area contributed by atoms with Crippen LogP contribution < -0.4 is 5.32 Å². The average Bonchev–Trinajstić information content (AvgIpc) is 2.56. The molecule has 0 bridgehead atoms. The van der Waals surface area contributed by atoms with Crippen LogP contribution in [0.25, 0.3) is 0 Å². The second kappa shape index (κ2) is 7.28. The van der Waals surface area contributed by atoms with Gasteiger partial charge in [0.1, 0.15) is 11.9 Å². The Hall–Kier alpha value is -1.65. The molecule has 1 aliphatic rings. The number of hydrogen-bond acceptors (Lipinski definition) is 3. The van der Waals surface area contributed by atoms with E-state index in [1.54, 1.807) is 6.07 Å². The van der Waals surface area contributed by atoms with Gasteiger partial charge in [-0.3, -0.25) is 10.3 Å². The summed E-state index contributed by atoms with van der Waals surface area (Å²) in [4.78, 5) is 4.89. The Morgan fingerprint density at radius 3 is 2.61 bits per heavy atom. The Kier molecular flexibility index (Phi) is 5.13. The summed E-state index contributed by atoms with van der Waals surface area (Å²) in [6.07, 6.45) is 2.93. The van der Waals surface area contributed by atoms with Crippen LogP contribution in [0, 0.1) is 0 Å². The van der Waals surface area contributed by atoms with Gasteiger partial charge < -0.3 is 5.11 Å². The lowest BCUT2D eigenvalue weighted by atomic mass is 9.94. The smallest absolute Gasteiger partial charge is 0.120 e. The molecule has 120 valence electrons. The van der Waals surface area contributed by atoms with Crippen LogP contribution in [-0.4, -0.2) is 17.0 Å². The monoisotopic (exact) mass is 372 g/mol. The molecule has 0 spiro atoms. The summed E-state index contributed by atoms with van der Waals surface area (Å²) in [5.74, 6) is 0.345. The van der Waals surface area contributed by atoms with Gasteiger partial charge in [-0.2, -0.15) is 0 Å². The van der Waals surface area contributed by atoms with Crippen LogP contribution in [0.15, 0.2) is 58.0 Å². The van der Waals surface area contributed by atoms with Crippen molar-refractivity contribution in [1.29, 1.82) is 0 Å². The predicted octanol–water partition coefficient (Wildman–Crippen LogP) is 4.80. The fourth-order valence-corrected chi connectivity index (χ4v) is 3.26. The minimum Gasteiger partial charge on any atom is -0.508 e. The van der Waals surface area contributed by atoms with Gasteiger partial charge in [0.2, 0.25) is 0 Å². The molecule has 0 saturated carbocycles. The van der Waals surface area contributed by atoms with Crippen molar-refractivity contribution in [3.63, 3.8) is 0 Å². The molecule has 2 N–H and O–H groups in total. The zero-order valence-corrected chi connectivity index (χ0v) is 14.8. The highest BCUT2D eigenvalue weighted by molar-refractivity contribution is 9.10. The van der Waals surface area contributed by atoms with Crippen LogP contribution in [0.4, 0.5) is 0 Å². The molecule has 0 amide bonds. The summed E-state index contributed by atoms with van der Waals surface area (Å²) in [5.41, 5.74) is 3.19. The van der Waals surface area contributed by atoms with Crippen molar-refractivity contribution < 1.29 is 5.11 Å². The van der Waals surface area contributed by atoms with Gasteiger partial charge in [-0.05, 0) is 30.2 Å². The number of rotatable bonds is 4. The van der Waals surface area contributed by atoms with Crippen LogP contribution in [0.2, 0.25) is 0 Å². The van der Waals surface area contributed by atoms with Gasteiger partial charge in [-0.15, -0.1) is 0 Å². The molecule has 2 unspecified atom stereocenters. The van der Waals surface area contributed by atoms with E-state index in [0.29, 0.717) is 5.75 Å². The molecule has 4 heteroatoms. The SMILES string of the molecule is CCCC1N=C(c2ccc(Br)cc2)CC(c2ccccc2O)N1. The highest BCUT2D eigenvalue weighted by atomic mass is 79.9. The molecular weight excluding hydrogens is 352 g/mol. The number of aliphatic imine (C=N–C) groups is 1. The first-order valence-electron chi connectivity index (χ1n) is 8.04. The summed E-state index contributed by atoms with van der Waals surface area (Å²) in [7, 11) is 0. The summed E-state index contributed by atoms with van der Waals surface area (Å²) >= 11 is 3.48. The van der Waals surface area contributed by atoms with Gasteiger partial charge in [0.15, 0.2) is 0 Å². The molecule has 0 aromatic heterocycles. The quantitative estimate of drug-likeness (QED) is 0.808. The molecule has 1 aliphatic heterocycles. The van der Waals surface area contributed by atoms with E-state index in [0.717, 1.165) is 40.6 Å². The number of benzene rings is 2. The first-order chi connectivity index (χ1) is 11.2. The number of nitrogens with one attached hydrogen (secondary N) is 1. The normalized spacial score (nSPS) is 21.0. The summed E-state index contributed by atoms with van der Waals surface area (Å²) in [6, 6.07) is 15.9. The average molecular weight is 373 g/mol. The summed E-state index contributed by atoms with van der Waals surface area (Å²) in [6.45, 7) is 2.17. The number of para-hydroxylation sites is 1. The molecular formula is C19H21BrN2O. The Morgan fingerprint density at radius 2 is 1.91 bits per heavy atom. The second-order valence-corrected chi connectivity index (χ2v) is 6.79. The second-order valence-electron chi connectivity index (χ2n) is 5.87. The number of phenols is 1. The van der Waals surface area contributed by atoms with E-state index in [2.05, 4.69) is 40.3 Å². The number of halogens is 1. The number of nitrogens with zero attached hydrogens (tertiary/aromatic N) is 1. The Balaban J connectivity index is 1.92. The van der Waals surface area contributed by atoms with Crippen molar-refractivity contribution in [2.75, 3.05) is 0 Å². The molecule has 2 atom stereocenters. The van der Waals surface area contributed by atoms with Crippen molar-refractivity contribution in [2.24, 2.45) is 4.99 Å². The van der Waals surface area contributed by atoms with Crippen LogP contribution in [0.1, 0.15) is 43.4 Å². The Bertz CT molecular complexity index is 697. The topological polar surface area (TPSA) is 44.6 Å². The minimum atomic E-state index is 0.0869. The van der Waals surface area contributed by atoms with Crippen LogP contribution in [-0.2, 0) is 0 Å². The predicted molar refractivity (Wildman–Crippen MR) is 98.0 cm³/mol. The van der Waals surface area contributed by atoms with E-state index < -0.39 is 0 Å². The maximum atomic E-state index is 10.2. The number of aromatic hydroxyl groups is 1. The molecule has 0 radical (unpaired) electrons. The maximum absolute atomic E-state index is 10.2.